The van der Waals surface area contributed by atoms with Crippen molar-refractivity contribution in [1.82, 2.24) is 4.90 Å². The van der Waals surface area contributed by atoms with Crippen LogP contribution in [0.2, 0.25) is 0 Å². The third-order valence-electron chi connectivity index (χ3n) is 12.2. The Hall–Kier alpha value is -2.06. The summed E-state index contributed by atoms with van der Waals surface area (Å²) in [6.45, 7) is 12.9. The van der Waals surface area contributed by atoms with Gasteiger partial charge in [0.25, 0.3) is 0 Å². The van der Waals surface area contributed by atoms with Crippen LogP contribution in [-0.4, -0.2) is 67.6 Å². The highest BCUT2D eigenvalue weighted by Crippen LogP contribution is 2.82. The van der Waals surface area contributed by atoms with Crippen LogP contribution in [0.15, 0.2) is 35.9 Å². The molecule has 0 aromatic heterocycles. The average molecular weight is 580 g/mol. The zero-order valence-corrected chi connectivity index (χ0v) is 26.2. The zero-order chi connectivity index (χ0) is 30.0. The van der Waals surface area contributed by atoms with Crippen molar-refractivity contribution in [2.24, 2.45) is 45.8 Å². The van der Waals surface area contributed by atoms with Crippen molar-refractivity contribution in [1.29, 1.82) is 0 Å². The van der Waals surface area contributed by atoms with Gasteiger partial charge in [-0.05, 0) is 68.3 Å². The van der Waals surface area contributed by atoms with Crippen LogP contribution in [0.1, 0.15) is 64.5 Å². The van der Waals surface area contributed by atoms with Crippen LogP contribution in [0, 0.1) is 52.8 Å². The van der Waals surface area contributed by atoms with Crippen LogP contribution in [-0.2, 0) is 30.3 Å². The number of carbonyl (C=O) groups is 2. The van der Waals surface area contributed by atoms with Gasteiger partial charge in [0.15, 0.2) is 6.29 Å². The van der Waals surface area contributed by atoms with E-state index in [1.165, 1.54) is 11.1 Å². The minimum absolute atomic E-state index is 0.00702. The number of ether oxygens (including phenoxy) is 3. The molecule has 7 nitrogen and oxygen atoms in total. The molecule has 230 valence electrons. The summed E-state index contributed by atoms with van der Waals surface area (Å²) in [5.74, 6) is 0.132. The lowest BCUT2D eigenvalue weighted by molar-refractivity contribution is -0.220. The van der Waals surface area contributed by atoms with Crippen molar-refractivity contribution in [3.05, 3.63) is 47.0 Å². The Morgan fingerprint density at radius 2 is 1.90 bits per heavy atom. The van der Waals surface area contributed by atoms with Gasteiger partial charge < -0.3 is 24.1 Å². The Balaban J connectivity index is 1.33. The summed E-state index contributed by atoms with van der Waals surface area (Å²) >= 11 is 0. The van der Waals surface area contributed by atoms with Crippen LogP contribution in [0.5, 0.6) is 0 Å². The number of fused-ring (bicyclic) bond motifs is 2. The largest absolute Gasteiger partial charge is 0.481 e. The van der Waals surface area contributed by atoms with Gasteiger partial charge in [0.2, 0.25) is 0 Å². The molecule has 1 aromatic rings. The van der Waals surface area contributed by atoms with E-state index < -0.39 is 28.5 Å². The highest BCUT2D eigenvalue weighted by Gasteiger charge is 2.84. The summed E-state index contributed by atoms with van der Waals surface area (Å²) in [5, 5.41) is 11.3. The lowest BCUT2D eigenvalue weighted by Gasteiger charge is -2.58. The molecule has 1 heterocycles. The molecular weight excluding hydrogens is 530 g/mol. The van der Waals surface area contributed by atoms with Gasteiger partial charge in [0.1, 0.15) is 11.7 Å². The summed E-state index contributed by atoms with van der Waals surface area (Å²) in [6, 6.07) is 8.58. The molecule has 1 saturated heterocycles. The predicted molar refractivity (Wildman–Crippen MR) is 160 cm³/mol. The van der Waals surface area contributed by atoms with Crippen LogP contribution < -0.4 is 0 Å². The van der Waals surface area contributed by atoms with Gasteiger partial charge >= 0.3 is 5.97 Å². The standard InChI is InChI=1S/C35H49NO6/c1-21(2)29-13-26-14-33(19-37)28-12-9-23(4)27(28)15-34(26,35(29,33)32(38)39)20-41-31-18-36(17-30(40-6)24(5)42-31)16-25-10-7-22(3)8-11-25/h7-8,10-11,13,19,21,23-24,26-28,30-31H,9,12,14-18,20H2,1-6H3,(H,38,39)/t23-,24-,26?,27-,28-,30+,31-,33+,34?,35+/m1/s1. The van der Waals surface area contributed by atoms with E-state index in [1.54, 1.807) is 7.11 Å². The van der Waals surface area contributed by atoms with Gasteiger partial charge in [0, 0.05) is 32.2 Å². The molecule has 42 heavy (non-hydrogen) atoms. The quantitative estimate of drug-likeness (QED) is 0.306. The smallest absolute Gasteiger partial charge is 0.315 e. The first-order chi connectivity index (χ1) is 20.0. The van der Waals surface area contributed by atoms with Gasteiger partial charge in [-0.1, -0.05) is 68.7 Å². The van der Waals surface area contributed by atoms with Gasteiger partial charge in [-0.25, -0.2) is 0 Å². The van der Waals surface area contributed by atoms with Crippen molar-refractivity contribution in [2.45, 2.75) is 85.3 Å². The molecule has 10 atom stereocenters. The lowest BCUT2D eigenvalue weighted by Crippen LogP contribution is -2.63. The minimum Gasteiger partial charge on any atom is -0.481 e. The summed E-state index contributed by atoms with van der Waals surface area (Å²) in [7, 11) is 1.72. The third kappa shape index (κ3) is 4.13. The van der Waals surface area contributed by atoms with Crippen LogP contribution >= 0.6 is 0 Å². The summed E-state index contributed by atoms with van der Waals surface area (Å²) in [6.07, 6.45) is 5.88. The molecule has 7 heteroatoms. The Morgan fingerprint density at radius 1 is 1.17 bits per heavy atom. The van der Waals surface area contributed by atoms with Crippen molar-refractivity contribution >= 4 is 12.3 Å². The molecule has 1 aliphatic heterocycles. The number of hydrogen-bond donors (Lipinski definition) is 1. The fourth-order valence-corrected chi connectivity index (χ4v) is 10.4. The van der Waals surface area contributed by atoms with E-state index in [2.05, 4.69) is 62.9 Å². The molecule has 0 radical (unpaired) electrons. The second kappa shape index (κ2) is 10.8. The number of aryl methyl sites for hydroxylation is 1. The molecule has 3 saturated carbocycles. The van der Waals surface area contributed by atoms with Gasteiger partial charge in [-0.2, -0.15) is 0 Å². The van der Waals surface area contributed by atoms with Crippen molar-refractivity contribution < 1.29 is 28.9 Å². The van der Waals surface area contributed by atoms with Crippen LogP contribution in [0.25, 0.3) is 0 Å². The van der Waals surface area contributed by atoms with Gasteiger partial charge in [0.05, 0.1) is 24.2 Å². The number of carboxylic acids is 1. The third-order valence-corrected chi connectivity index (χ3v) is 12.2. The molecule has 1 N–H and O–H groups in total. The first kappa shape index (κ1) is 30.0. The molecule has 4 aliphatic carbocycles. The summed E-state index contributed by atoms with van der Waals surface area (Å²) in [5.41, 5.74) is 0.601. The fourth-order valence-electron chi connectivity index (χ4n) is 10.4. The van der Waals surface area contributed by atoms with E-state index in [-0.39, 0.29) is 36.6 Å². The number of aldehydes is 1. The lowest BCUT2D eigenvalue weighted by atomic mass is 9.43. The van der Waals surface area contributed by atoms with Crippen molar-refractivity contribution in [3.8, 4) is 0 Å². The van der Waals surface area contributed by atoms with E-state index >= 15 is 0 Å². The second-order valence-electron chi connectivity index (χ2n) is 14.5. The number of nitrogens with zero attached hydrogens (tertiary/aromatic N) is 1. The van der Waals surface area contributed by atoms with Gasteiger partial charge in [-0.15, -0.1) is 0 Å². The number of methoxy groups -OCH3 is 1. The van der Waals surface area contributed by atoms with Crippen molar-refractivity contribution in [2.75, 3.05) is 26.8 Å². The number of allylic oxidation sites excluding steroid dienone is 1. The second-order valence-corrected chi connectivity index (χ2v) is 14.5. The highest BCUT2D eigenvalue weighted by molar-refractivity contribution is 5.90. The molecule has 4 bridgehead atoms. The summed E-state index contributed by atoms with van der Waals surface area (Å²) in [4.78, 5) is 29.4. The van der Waals surface area contributed by atoms with Crippen molar-refractivity contribution in [3.63, 3.8) is 0 Å². The van der Waals surface area contributed by atoms with Crippen LogP contribution in [0.3, 0.4) is 0 Å². The minimum atomic E-state index is -1.24. The molecule has 0 spiro atoms. The van der Waals surface area contributed by atoms with E-state index in [1.807, 2.05) is 6.92 Å². The Morgan fingerprint density at radius 3 is 2.55 bits per heavy atom. The zero-order valence-electron chi connectivity index (χ0n) is 26.2. The maximum atomic E-state index is 13.8. The number of rotatable bonds is 9. The monoisotopic (exact) mass is 579 g/mol. The maximum Gasteiger partial charge on any atom is 0.315 e. The topological polar surface area (TPSA) is 85.3 Å². The van der Waals surface area contributed by atoms with E-state index in [4.69, 9.17) is 14.2 Å². The van der Waals surface area contributed by atoms with E-state index in [0.29, 0.717) is 31.3 Å². The number of benzene rings is 1. The molecule has 1 aromatic carbocycles. The Bertz CT molecular complexity index is 1230. The number of carbonyl (C=O) groups excluding carboxylic acids is 1. The Kier molecular flexibility index (Phi) is 7.73. The highest BCUT2D eigenvalue weighted by atomic mass is 16.7. The van der Waals surface area contributed by atoms with E-state index in [0.717, 1.165) is 37.7 Å². The number of aliphatic carboxylic acids is 1. The molecular formula is C35H49NO6. The fraction of sp³-hybridized carbons (Fsp3) is 0.714. The first-order valence-corrected chi connectivity index (χ1v) is 16.0. The van der Waals surface area contributed by atoms with Gasteiger partial charge in [-0.3, -0.25) is 9.69 Å². The van der Waals surface area contributed by atoms with Crippen LogP contribution in [0.4, 0.5) is 0 Å². The Labute approximate surface area is 251 Å². The normalized spacial score (nSPS) is 42.8. The molecule has 0 amide bonds. The molecule has 5 aliphatic rings. The molecule has 6 rings (SSSR count). The number of hydrogen-bond acceptors (Lipinski definition) is 6. The molecule has 4 fully saturated rings. The van der Waals surface area contributed by atoms with E-state index in [9.17, 15) is 14.7 Å². The predicted octanol–water partition coefficient (Wildman–Crippen LogP) is 5.50. The average Bonchev–Trinajstić information content (AvgIpc) is 3.48. The maximum absolute atomic E-state index is 13.8. The first-order valence-electron chi connectivity index (χ1n) is 16.0. The number of carboxylic acid groups (broad SMARTS) is 1. The summed E-state index contributed by atoms with van der Waals surface area (Å²) < 4.78 is 19.1. The SMILES string of the molecule is CO[C@H]1CN(Cc2ccc(C)cc2)C[C@H](OCC23C[C@@H]4[C@H](C)CC[C@H]4[C@@]4(C=O)CC2C=C(C(C)C)[C@@]34C(=O)O)O[C@@H]1C. The molecule has 2 unspecified atom stereocenters.